The number of hydrogen-bond donors (Lipinski definition) is 2. The molecule has 1 aromatic carbocycles. The molecular formula is C19H23N5O. The molecule has 6 nitrogen and oxygen atoms in total. The highest BCUT2D eigenvalue weighted by Crippen LogP contribution is 2.30. The van der Waals surface area contributed by atoms with Crippen LogP contribution in [-0.2, 0) is 13.1 Å². The van der Waals surface area contributed by atoms with E-state index in [0.29, 0.717) is 13.1 Å². The van der Waals surface area contributed by atoms with Crippen LogP contribution in [0.25, 0.3) is 11.2 Å². The lowest BCUT2D eigenvalue weighted by Crippen LogP contribution is -2.36. The Labute approximate surface area is 147 Å². The maximum Gasteiger partial charge on any atom is 0.165 e. The molecule has 25 heavy (non-hydrogen) atoms. The molecule has 1 saturated carbocycles. The first-order valence-electron chi connectivity index (χ1n) is 8.90. The third-order valence-electron chi connectivity index (χ3n) is 4.95. The largest absolute Gasteiger partial charge is 0.388 e. The van der Waals surface area contributed by atoms with Crippen LogP contribution in [0.5, 0.6) is 0 Å². The number of hydrogen-bond acceptors (Lipinski definition) is 5. The Morgan fingerprint density at radius 3 is 2.64 bits per heavy atom. The van der Waals surface area contributed by atoms with Gasteiger partial charge in [0.25, 0.3) is 0 Å². The van der Waals surface area contributed by atoms with Crippen molar-refractivity contribution in [2.24, 2.45) is 0 Å². The molecule has 2 aromatic heterocycles. The average molecular weight is 337 g/mol. The lowest BCUT2D eigenvalue weighted by atomic mass is 9.85. The number of imidazole rings is 1. The second-order valence-electron chi connectivity index (χ2n) is 6.89. The first-order chi connectivity index (χ1) is 12.2. The standard InChI is InChI=1S/C19H23N5O/c25-19(9-5-2-6-10-19)12-24-14-23-16-17(21-13-22-18(16)24)20-11-15-7-3-1-4-8-15/h1,3-4,7-8,13-14,25H,2,5-6,9-12H2,(H,20,21,22). The maximum absolute atomic E-state index is 10.8. The zero-order valence-corrected chi connectivity index (χ0v) is 14.2. The van der Waals surface area contributed by atoms with Gasteiger partial charge in [-0.25, -0.2) is 15.0 Å². The van der Waals surface area contributed by atoms with E-state index in [-0.39, 0.29) is 0 Å². The highest BCUT2D eigenvalue weighted by atomic mass is 16.3. The SMILES string of the molecule is OC1(Cn2cnc3c(NCc4ccccc4)ncnc32)CCCCC1. The summed E-state index contributed by atoms with van der Waals surface area (Å²) < 4.78 is 1.95. The molecule has 2 heterocycles. The minimum atomic E-state index is -0.644. The first-order valence-corrected chi connectivity index (χ1v) is 8.90. The van der Waals surface area contributed by atoms with E-state index in [1.807, 2.05) is 22.8 Å². The van der Waals surface area contributed by atoms with Gasteiger partial charge in [-0.1, -0.05) is 49.6 Å². The summed E-state index contributed by atoms with van der Waals surface area (Å²) in [5.74, 6) is 0.725. The monoisotopic (exact) mass is 337 g/mol. The van der Waals surface area contributed by atoms with Crippen molar-refractivity contribution in [1.82, 2.24) is 19.5 Å². The molecular weight excluding hydrogens is 314 g/mol. The molecule has 6 heteroatoms. The van der Waals surface area contributed by atoms with Gasteiger partial charge in [0.1, 0.15) is 11.8 Å². The number of benzene rings is 1. The van der Waals surface area contributed by atoms with E-state index in [1.54, 1.807) is 12.7 Å². The number of nitrogens with zero attached hydrogens (tertiary/aromatic N) is 4. The lowest BCUT2D eigenvalue weighted by Gasteiger charge is -2.32. The summed E-state index contributed by atoms with van der Waals surface area (Å²) in [5, 5.41) is 14.2. The molecule has 0 radical (unpaired) electrons. The Morgan fingerprint density at radius 2 is 1.84 bits per heavy atom. The van der Waals surface area contributed by atoms with E-state index in [0.717, 1.165) is 42.7 Å². The second-order valence-corrected chi connectivity index (χ2v) is 6.89. The topological polar surface area (TPSA) is 75.9 Å². The minimum absolute atomic E-state index is 0.540. The zero-order valence-electron chi connectivity index (χ0n) is 14.2. The van der Waals surface area contributed by atoms with Crippen molar-refractivity contribution in [3.8, 4) is 0 Å². The predicted molar refractivity (Wildman–Crippen MR) is 97.1 cm³/mol. The zero-order chi connectivity index (χ0) is 17.1. The Morgan fingerprint density at radius 1 is 1.04 bits per heavy atom. The number of aromatic nitrogens is 4. The number of nitrogens with one attached hydrogen (secondary N) is 1. The van der Waals surface area contributed by atoms with Gasteiger partial charge in [0, 0.05) is 6.54 Å². The number of anilines is 1. The van der Waals surface area contributed by atoms with Crippen LogP contribution in [0, 0.1) is 0 Å². The summed E-state index contributed by atoms with van der Waals surface area (Å²) in [6, 6.07) is 10.2. The van der Waals surface area contributed by atoms with E-state index in [9.17, 15) is 5.11 Å². The third-order valence-corrected chi connectivity index (χ3v) is 4.95. The molecule has 4 rings (SSSR count). The molecule has 0 amide bonds. The summed E-state index contributed by atoms with van der Waals surface area (Å²) in [6.07, 6.45) is 8.39. The van der Waals surface area contributed by atoms with Gasteiger partial charge < -0.3 is 15.0 Å². The maximum atomic E-state index is 10.8. The lowest BCUT2D eigenvalue weighted by molar-refractivity contribution is -0.0107. The summed E-state index contributed by atoms with van der Waals surface area (Å²) in [7, 11) is 0. The molecule has 130 valence electrons. The van der Waals surface area contributed by atoms with E-state index >= 15 is 0 Å². The minimum Gasteiger partial charge on any atom is -0.388 e. The molecule has 3 aromatic rings. The van der Waals surface area contributed by atoms with Crippen molar-refractivity contribution >= 4 is 17.0 Å². The van der Waals surface area contributed by atoms with Gasteiger partial charge in [0.15, 0.2) is 11.5 Å². The van der Waals surface area contributed by atoms with Crippen LogP contribution in [0.3, 0.4) is 0 Å². The molecule has 0 spiro atoms. The van der Waals surface area contributed by atoms with E-state index in [4.69, 9.17) is 0 Å². The molecule has 0 saturated heterocycles. The van der Waals surface area contributed by atoms with Gasteiger partial charge in [-0.05, 0) is 18.4 Å². The van der Waals surface area contributed by atoms with Crippen molar-refractivity contribution in [3.05, 3.63) is 48.5 Å². The van der Waals surface area contributed by atoms with E-state index < -0.39 is 5.60 Å². The quantitative estimate of drug-likeness (QED) is 0.748. The van der Waals surface area contributed by atoms with Crippen molar-refractivity contribution in [2.75, 3.05) is 5.32 Å². The summed E-state index contributed by atoms with van der Waals surface area (Å²) >= 11 is 0. The van der Waals surface area contributed by atoms with Crippen LogP contribution >= 0.6 is 0 Å². The van der Waals surface area contributed by atoms with Crippen LogP contribution in [0.2, 0.25) is 0 Å². The fourth-order valence-corrected chi connectivity index (χ4v) is 3.59. The van der Waals surface area contributed by atoms with Crippen molar-refractivity contribution in [2.45, 2.75) is 50.8 Å². The van der Waals surface area contributed by atoms with E-state index in [1.165, 1.54) is 12.0 Å². The number of fused-ring (bicyclic) bond motifs is 1. The molecule has 0 atom stereocenters. The Hall–Kier alpha value is -2.47. The normalized spacial score (nSPS) is 16.8. The number of aliphatic hydroxyl groups is 1. The fraction of sp³-hybridized carbons (Fsp3) is 0.421. The first kappa shape index (κ1) is 16.0. The van der Waals surface area contributed by atoms with Gasteiger partial charge >= 0.3 is 0 Å². The predicted octanol–water partition coefficient (Wildman–Crippen LogP) is 3.13. The van der Waals surface area contributed by atoms with Crippen LogP contribution < -0.4 is 5.32 Å². The second kappa shape index (κ2) is 6.80. The Kier molecular flexibility index (Phi) is 4.36. The Balaban J connectivity index is 1.55. The number of rotatable bonds is 5. The molecule has 1 aliphatic rings. The van der Waals surface area contributed by atoms with Gasteiger partial charge in [-0.2, -0.15) is 0 Å². The van der Waals surface area contributed by atoms with Crippen LogP contribution in [0.4, 0.5) is 5.82 Å². The van der Waals surface area contributed by atoms with Crippen molar-refractivity contribution in [3.63, 3.8) is 0 Å². The van der Waals surface area contributed by atoms with Gasteiger partial charge in [0.05, 0.1) is 18.5 Å². The average Bonchev–Trinajstić information content (AvgIpc) is 3.04. The summed E-state index contributed by atoms with van der Waals surface area (Å²) in [5.41, 5.74) is 2.06. The van der Waals surface area contributed by atoms with Gasteiger partial charge in [-0.3, -0.25) is 0 Å². The highest BCUT2D eigenvalue weighted by Gasteiger charge is 2.30. The Bertz CT molecular complexity index is 839. The van der Waals surface area contributed by atoms with Gasteiger partial charge in [-0.15, -0.1) is 0 Å². The van der Waals surface area contributed by atoms with Crippen LogP contribution in [0.1, 0.15) is 37.7 Å². The molecule has 2 N–H and O–H groups in total. The van der Waals surface area contributed by atoms with Crippen molar-refractivity contribution in [1.29, 1.82) is 0 Å². The highest BCUT2D eigenvalue weighted by molar-refractivity contribution is 5.82. The van der Waals surface area contributed by atoms with E-state index in [2.05, 4.69) is 32.4 Å². The molecule has 1 fully saturated rings. The fourth-order valence-electron chi connectivity index (χ4n) is 3.59. The molecule has 1 aliphatic carbocycles. The van der Waals surface area contributed by atoms with Crippen molar-refractivity contribution < 1.29 is 5.11 Å². The van der Waals surface area contributed by atoms with Crippen LogP contribution in [-0.4, -0.2) is 30.2 Å². The smallest absolute Gasteiger partial charge is 0.165 e. The third kappa shape index (κ3) is 3.49. The molecule has 0 bridgehead atoms. The molecule has 0 unspecified atom stereocenters. The summed E-state index contributed by atoms with van der Waals surface area (Å²) in [4.78, 5) is 13.2. The van der Waals surface area contributed by atoms with Gasteiger partial charge in [0.2, 0.25) is 0 Å². The molecule has 0 aliphatic heterocycles. The summed E-state index contributed by atoms with van der Waals surface area (Å²) in [6.45, 7) is 1.22. The van der Waals surface area contributed by atoms with Crippen LogP contribution in [0.15, 0.2) is 43.0 Å².